The van der Waals surface area contributed by atoms with E-state index < -0.39 is 0 Å². The first-order chi connectivity index (χ1) is 16.2. The molecule has 0 spiro atoms. The molecule has 1 unspecified atom stereocenters. The van der Waals surface area contributed by atoms with E-state index in [2.05, 4.69) is 33.0 Å². The highest BCUT2D eigenvalue weighted by Gasteiger charge is 2.18. The number of nitrogens with one attached hydrogen (secondary N) is 1. The van der Waals surface area contributed by atoms with Gasteiger partial charge in [-0.2, -0.15) is 0 Å². The van der Waals surface area contributed by atoms with Crippen molar-refractivity contribution in [2.45, 2.75) is 25.8 Å². The first kappa shape index (κ1) is 21.2. The van der Waals surface area contributed by atoms with E-state index in [4.69, 9.17) is 20.2 Å². The maximum Gasteiger partial charge on any atom is 0.162 e. The SMILES string of the molecule is CCc1cc(-c2csc3c(NCC(N)Cc4ccccc4)nc(-c4ccncc4)nc23)no1. The van der Waals surface area contributed by atoms with E-state index in [1.807, 2.05) is 43.3 Å². The second kappa shape index (κ2) is 9.48. The molecule has 1 atom stereocenters. The highest BCUT2D eigenvalue weighted by Crippen LogP contribution is 2.37. The number of benzene rings is 1. The third kappa shape index (κ3) is 4.62. The molecule has 0 aliphatic carbocycles. The van der Waals surface area contributed by atoms with Crippen molar-refractivity contribution in [1.82, 2.24) is 20.1 Å². The van der Waals surface area contributed by atoms with Crippen LogP contribution in [0.3, 0.4) is 0 Å². The van der Waals surface area contributed by atoms with Gasteiger partial charge in [0.25, 0.3) is 0 Å². The van der Waals surface area contributed by atoms with Gasteiger partial charge in [0.05, 0.1) is 10.2 Å². The van der Waals surface area contributed by atoms with Crippen molar-refractivity contribution in [2.24, 2.45) is 5.73 Å². The average molecular weight is 457 g/mol. The summed E-state index contributed by atoms with van der Waals surface area (Å²) in [6.07, 6.45) is 5.06. The molecular weight excluding hydrogens is 432 g/mol. The van der Waals surface area contributed by atoms with Gasteiger partial charge >= 0.3 is 0 Å². The molecule has 0 fully saturated rings. The molecule has 0 aliphatic heterocycles. The predicted molar refractivity (Wildman–Crippen MR) is 132 cm³/mol. The van der Waals surface area contributed by atoms with Gasteiger partial charge in [0, 0.05) is 54.0 Å². The van der Waals surface area contributed by atoms with Crippen LogP contribution in [-0.2, 0) is 12.8 Å². The Morgan fingerprint density at radius 1 is 1.09 bits per heavy atom. The zero-order valence-corrected chi connectivity index (χ0v) is 19.0. The van der Waals surface area contributed by atoms with Gasteiger partial charge in [0.15, 0.2) is 5.82 Å². The summed E-state index contributed by atoms with van der Waals surface area (Å²) in [4.78, 5) is 13.8. The monoisotopic (exact) mass is 456 g/mol. The number of fused-ring (bicyclic) bond motifs is 1. The summed E-state index contributed by atoms with van der Waals surface area (Å²) in [6.45, 7) is 2.63. The maximum absolute atomic E-state index is 6.43. The standard InChI is InChI=1S/C25H24N6OS/c1-2-19-13-21(31-32-19)20-15-33-23-22(20)29-24(17-8-10-27-11-9-17)30-25(23)28-14-18(26)12-16-6-4-3-5-7-16/h3-11,13,15,18H,2,12,14,26H2,1H3,(H,28,29,30). The van der Waals surface area contributed by atoms with E-state index in [9.17, 15) is 0 Å². The predicted octanol–water partition coefficient (Wildman–Crippen LogP) is 4.95. The van der Waals surface area contributed by atoms with Crippen molar-refractivity contribution in [3.8, 4) is 22.6 Å². The zero-order chi connectivity index (χ0) is 22.6. The second-order valence-corrected chi connectivity index (χ2v) is 8.70. The van der Waals surface area contributed by atoms with Gasteiger partial charge in [-0.15, -0.1) is 11.3 Å². The quantitative estimate of drug-likeness (QED) is 0.340. The van der Waals surface area contributed by atoms with Crippen LogP contribution in [0.5, 0.6) is 0 Å². The van der Waals surface area contributed by atoms with Crippen LogP contribution in [0.25, 0.3) is 32.9 Å². The van der Waals surface area contributed by atoms with Gasteiger partial charge in [-0.1, -0.05) is 42.4 Å². The van der Waals surface area contributed by atoms with E-state index in [0.717, 1.165) is 51.5 Å². The first-order valence-corrected chi connectivity index (χ1v) is 11.8. The molecule has 0 aliphatic rings. The molecule has 7 nitrogen and oxygen atoms in total. The lowest BCUT2D eigenvalue weighted by molar-refractivity contribution is 0.389. The fourth-order valence-electron chi connectivity index (χ4n) is 3.67. The molecule has 4 heterocycles. The number of pyridine rings is 1. The number of rotatable bonds is 8. The third-order valence-electron chi connectivity index (χ3n) is 5.41. The molecule has 0 radical (unpaired) electrons. The van der Waals surface area contributed by atoms with E-state index in [1.165, 1.54) is 5.56 Å². The number of nitrogens with zero attached hydrogens (tertiary/aromatic N) is 4. The minimum absolute atomic E-state index is 0.0520. The Kier molecular flexibility index (Phi) is 6.10. The van der Waals surface area contributed by atoms with Crippen molar-refractivity contribution in [2.75, 3.05) is 11.9 Å². The number of thiophene rings is 1. The fourth-order valence-corrected chi connectivity index (χ4v) is 4.64. The number of nitrogens with two attached hydrogens (primary N) is 1. The zero-order valence-electron chi connectivity index (χ0n) is 18.2. The Bertz CT molecular complexity index is 1350. The second-order valence-electron chi connectivity index (χ2n) is 7.82. The lowest BCUT2D eigenvalue weighted by Crippen LogP contribution is -2.31. The van der Waals surface area contributed by atoms with E-state index >= 15 is 0 Å². The van der Waals surface area contributed by atoms with Gasteiger partial charge in [0.1, 0.15) is 17.3 Å². The Morgan fingerprint density at radius 2 is 1.91 bits per heavy atom. The molecule has 0 amide bonds. The van der Waals surface area contributed by atoms with Crippen molar-refractivity contribution >= 4 is 27.4 Å². The van der Waals surface area contributed by atoms with Gasteiger partial charge < -0.3 is 15.6 Å². The third-order valence-corrected chi connectivity index (χ3v) is 6.39. The molecule has 0 saturated carbocycles. The summed E-state index contributed by atoms with van der Waals surface area (Å²) in [5.74, 6) is 2.24. The lowest BCUT2D eigenvalue weighted by Gasteiger charge is -2.14. The van der Waals surface area contributed by atoms with Crippen molar-refractivity contribution < 1.29 is 4.52 Å². The molecule has 3 N–H and O–H groups in total. The number of hydrogen-bond donors (Lipinski definition) is 2. The first-order valence-electron chi connectivity index (χ1n) is 10.9. The Balaban J connectivity index is 1.50. The van der Waals surface area contributed by atoms with Crippen LogP contribution < -0.4 is 11.1 Å². The number of anilines is 1. The van der Waals surface area contributed by atoms with Gasteiger partial charge in [-0.25, -0.2) is 9.97 Å². The molecule has 0 bridgehead atoms. The summed E-state index contributed by atoms with van der Waals surface area (Å²) >= 11 is 1.59. The van der Waals surface area contributed by atoms with Crippen molar-refractivity contribution in [3.05, 3.63) is 77.6 Å². The number of hydrogen-bond acceptors (Lipinski definition) is 8. The van der Waals surface area contributed by atoms with Crippen LogP contribution in [0.1, 0.15) is 18.2 Å². The molecule has 4 aromatic heterocycles. The minimum Gasteiger partial charge on any atom is -0.367 e. The van der Waals surface area contributed by atoms with E-state index in [0.29, 0.717) is 12.4 Å². The lowest BCUT2D eigenvalue weighted by atomic mass is 10.1. The molecule has 8 heteroatoms. The van der Waals surface area contributed by atoms with Gasteiger partial charge in [-0.3, -0.25) is 4.98 Å². The molecule has 5 aromatic rings. The Hall–Kier alpha value is -3.62. The fraction of sp³-hybridized carbons (Fsp3) is 0.200. The van der Waals surface area contributed by atoms with Gasteiger partial charge in [-0.05, 0) is 24.1 Å². The van der Waals surface area contributed by atoms with Crippen molar-refractivity contribution in [3.63, 3.8) is 0 Å². The topological polar surface area (TPSA) is 103 Å². The highest BCUT2D eigenvalue weighted by atomic mass is 32.1. The minimum atomic E-state index is -0.0520. The molecule has 1 aromatic carbocycles. The molecule has 5 rings (SSSR count). The Morgan fingerprint density at radius 3 is 2.67 bits per heavy atom. The van der Waals surface area contributed by atoms with Crippen LogP contribution in [0.2, 0.25) is 0 Å². The smallest absolute Gasteiger partial charge is 0.162 e. The van der Waals surface area contributed by atoms with Gasteiger partial charge in [0.2, 0.25) is 0 Å². The average Bonchev–Trinajstić information content (AvgIpc) is 3.50. The summed E-state index contributed by atoms with van der Waals surface area (Å²) in [5.41, 5.74) is 11.1. The van der Waals surface area contributed by atoms with Crippen LogP contribution in [0.15, 0.2) is 70.8 Å². The normalized spacial score (nSPS) is 12.2. The van der Waals surface area contributed by atoms with Crippen LogP contribution in [-0.4, -0.2) is 32.7 Å². The summed E-state index contributed by atoms with van der Waals surface area (Å²) in [7, 11) is 0. The highest BCUT2D eigenvalue weighted by molar-refractivity contribution is 7.18. The molecule has 166 valence electrons. The number of aromatic nitrogens is 4. The van der Waals surface area contributed by atoms with E-state index in [1.54, 1.807) is 23.7 Å². The molecule has 0 saturated heterocycles. The number of aryl methyl sites for hydroxylation is 1. The van der Waals surface area contributed by atoms with Crippen LogP contribution >= 0.6 is 11.3 Å². The Labute approximate surface area is 195 Å². The van der Waals surface area contributed by atoms with E-state index in [-0.39, 0.29) is 6.04 Å². The summed E-state index contributed by atoms with van der Waals surface area (Å²) in [5, 5.41) is 9.79. The van der Waals surface area contributed by atoms with Crippen molar-refractivity contribution in [1.29, 1.82) is 0 Å². The largest absolute Gasteiger partial charge is 0.367 e. The summed E-state index contributed by atoms with van der Waals surface area (Å²) in [6, 6.07) is 16.0. The molecule has 33 heavy (non-hydrogen) atoms. The molecular formula is C25H24N6OS. The maximum atomic E-state index is 6.43. The van der Waals surface area contributed by atoms with Crippen LogP contribution in [0, 0.1) is 0 Å². The van der Waals surface area contributed by atoms with Crippen LogP contribution in [0.4, 0.5) is 5.82 Å². The summed E-state index contributed by atoms with van der Waals surface area (Å²) < 4.78 is 6.41.